The molecule has 94 valence electrons. The second kappa shape index (κ2) is 5.45. The zero-order chi connectivity index (χ0) is 13.1. The predicted octanol–water partition coefficient (Wildman–Crippen LogP) is 5.13. The van der Waals surface area contributed by atoms with Gasteiger partial charge in [0.15, 0.2) is 0 Å². The molecule has 2 rings (SSSR count). The van der Waals surface area contributed by atoms with Gasteiger partial charge in [0.25, 0.3) is 0 Å². The zero-order valence-corrected chi connectivity index (χ0v) is 11.8. The SMILES string of the molecule is Cc1ccc(C)c(NC(C)c2cccc(Cl)c2)c1. The molecule has 0 aliphatic heterocycles. The lowest BCUT2D eigenvalue weighted by molar-refractivity contribution is 0.882. The van der Waals surface area contributed by atoms with Gasteiger partial charge in [0.05, 0.1) is 0 Å². The molecule has 0 heterocycles. The van der Waals surface area contributed by atoms with Crippen LogP contribution in [0.1, 0.15) is 29.7 Å². The number of hydrogen-bond donors (Lipinski definition) is 1. The average molecular weight is 260 g/mol. The Morgan fingerprint density at radius 1 is 1.06 bits per heavy atom. The molecule has 0 radical (unpaired) electrons. The van der Waals surface area contributed by atoms with Crippen LogP contribution in [0.25, 0.3) is 0 Å². The Labute approximate surface area is 114 Å². The van der Waals surface area contributed by atoms with Crippen molar-refractivity contribution in [1.82, 2.24) is 0 Å². The minimum atomic E-state index is 0.240. The maximum atomic E-state index is 6.02. The van der Waals surface area contributed by atoms with Crippen molar-refractivity contribution < 1.29 is 0 Å². The van der Waals surface area contributed by atoms with Gasteiger partial charge < -0.3 is 5.32 Å². The van der Waals surface area contributed by atoms with Crippen molar-refractivity contribution in [3.8, 4) is 0 Å². The molecule has 1 atom stereocenters. The second-order valence-electron chi connectivity index (χ2n) is 4.74. The molecular formula is C16H18ClN. The fraction of sp³-hybridized carbons (Fsp3) is 0.250. The van der Waals surface area contributed by atoms with Gasteiger partial charge in [0, 0.05) is 16.8 Å². The van der Waals surface area contributed by atoms with Gasteiger partial charge in [-0.05, 0) is 55.7 Å². The van der Waals surface area contributed by atoms with Gasteiger partial charge in [-0.25, -0.2) is 0 Å². The highest BCUT2D eigenvalue weighted by Gasteiger charge is 2.07. The molecule has 0 spiro atoms. The average Bonchev–Trinajstić information content (AvgIpc) is 2.34. The third-order valence-electron chi connectivity index (χ3n) is 3.11. The number of hydrogen-bond acceptors (Lipinski definition) is 1. The summed E-state index contributed by atoms with van der Waals surface area (Å²) in [7, 11) is 0. The maximum absolute atomic E-state index is 6.02. The van der Waals surface area contributed by atoms with E-state index >= 15 is 0 Å². The lowest BCUT2D eigenvalue weighted by Crippen LogP contribution is -2.07. The van der Waals surface area contributed by atoms with Crippen molar-refractivity contribution in [3.63, 3.8) is 0 Å². The van der Waals surface area contributed by atoms with Crippen LogP contribution in [-0.2, 0) is 0 Å². The Kier molecular flexibility index (Phi) is 3.93. The molecule has 2 aromatic carbocycles. The fourth-order valence-corrected chi connectivity index (χ4v) is 2.18. The molecule has 0 saturated heterocycles. The van der Waals surface area contributed by atoms with E-state index < -0.39 is 0 Å². The Morgan fingerprint density at radius 3 is 2.56 bits per heavy atom. The highest BCUT2D eigenvalue weighted by atomic mass is 35.5. The van der Waals surface area contributed by atoms with E-state index in [1.165, 1.54) is 22.4 Å². The third kappa shape index (κ3) is 3.05. The maximum Gasteiger partial charge on any atom is 0.0486 e. The fourth-order valence-electron chi connectivity index (χ4n) is 1.98. The van der Waals surface area contributed by atoms with E-state index in [2.05, 4.69) is 50.4 Å². The molecule has 0 bridgehead atoms. The standard InChI is InChI=1S/C16H18ClN/c1-11-7-8-12(2)16(9-11)18-13(3)14-5-4-6-15(17)10-14/h4-10,13,18H,1-3H3. The first-order valence-corrected chi connectivity index (χ1v) is 6.53. The van der Waals surface area contributed by atoms with Crippen LogP contribution in [0.15, 0.2) is 42.5 Å². The predicted molar refractivity (Wildman–Crippen MR) is 79.4 cm³/mol. The van der Waals surface area contributed by atoms with E-state index in [9.17, 15) is 0 Å². The van der Waals surface area contributed by atoms with Crippen LogP contribution in [0.3, 0.4) is 0 Å². The summed E-state index contributed by atoms with van der Waals surface area (Å²) in [6.45, 7) is 6.37. The Hall–Kier alpha value is -1.47. The van der Waals surface area contributed by atoms with Crippen LogP contribution in [0.2, 0.25) is 5.02 Å². The molecular weight excluding hydrogens is 242 g/mol. The van der Waals surface area contributed by atoms with Crippen LogP contribution in [0.5, 0.6) is 0 Å². The zero-order valence-electron chi connectivity index (χ0n) is 11.0. The molecule has 18 heavy (non-hydrogen) atoms. The van der Waals surface area contributed by atoms with Crippen molar-refractivity contribution >= 4 is 17.3 Å². The first kappa shape index (κ1) is 13.0. The lowest BCUT2D eigenvalue weighted by Gasteiger charge is -2.18. The summed E-state index contributed by atoms with van der Waals surface area (Å²) in [5.41, 5.74) is 4.90. The molecule has 1 unspecified atom stereocenters. The summed E-state index contributed by atoms with van der Waals surface area (Å²) in [4.78, 5) is 0. The summed E-state index contributed by atoms with van der Waals surface area (Å²) in [6.07, 6.45) is 0. The van der Waals surface area contributed by atoms with Gasteiger partial charge >= 0.3 is 0 Å². The van der Waals surface area contributed by atoms with Crippen molar-refractivity contribution in [1.29, 1.82) is 0 Å². The van der Waals surface area contributed by atoms with Gasteiger partial charge in [-0.3, -0.25) is 0 Å². The third-order valence-corrected chi connectivity index (χ3v) is 3.35. The largest absolute Gasteiger partial charge is 0.378 e. The smallest absolute Gasteiger partial charge is 0.0486 e. The van der Waals surface area contributed by atoms with E-state index in [1.54, 1.807) is 0 Å². The first-order valence-electron chi connectivity index (χ1n) is 6.15. The quantitative estimate of drug-likeness (QED) is 0.806. The van der Waals surface area contributed by atoms with Crippen molar-refractivity contribution in [3.05, 3.63) is 64.2 Å². The van der Waals surface area contributed by atoms with Crippen LogP contribution < -0.4 is 5.32 Å². The van der Waals surface area contributed by atoms with Crippen LogP contribution in [0.4, 0.5) is 5.69 Å². The number of nitrogens with one attached hydrogen (secondary N) is 1. The highest BCUT2D eigenvalue weighted by Crippen LogP contribution is 2.24. The molecule has 0 fully saturated rings. The van der Waals surface area contributed by atoms with Gasteiger partial charge in [0.2, 0.25) is 0 Å². The minimum absolute atomic E-state index is 0.240. The molecule has 0 aliphatic carbocycles. The topological polar surface area (TPSA) is 12.0 Å². The minimum Gasteiger partial charge on any atom is -0.378 e. The second-order valence-corrected chi connectivity index (χ2v) is 5.18. The number of anilines is 1. The van der Waals surface area contributed by atoms with Gasteiger partial charge in [-0.1, -0.05) is 35.9 Å². The normalized spacial score (nSPS) is 12.2. The summed E-state index contributed by atoms with van der Waals surface area (Å²) in [6, 6.07) is 14.7. The summed E-state index contributed by atoms with van der Waals surface area (Å²) in [5.74, 6) is 0. The van der Waals surface area contributed by atoms with Gasteiger partial charge in [0.1, 0.15) is 0 Å². The molecule has 2 heteroatoms. The molecule has 0 saturated carbocycles. The Balaban J connectivity index is 2.21. The van der Waals surface area contributed by atoms with E-state index in [1.807, 2.05) is 18.2 Å². The molecule has 2 aromatic rings. The lowest BCUT2D eigenvalue weighted by atomic mass is 10.1. The summed E-state index contributed by atoms with van der Waals surface area (Å²) in [5, 5.41) is 4.32. The van der Waals surface area contributed by atoms with Gasteiger partial charge in [-0.2, -0.15) is 0 Å². The van der Waals surface area contributed by atoms with Crippen molar-refractivity contribution in [2.45, 2.75) is 26.8 Å². The monoisotopic (exact) mass is 259 g/mol. The van der Waals surface area contributed by atoms with E-state index in [-0.39, 0.29) is 6.04 Å². The highest BCUT2D eigenvalue weighted by molar-refractivity contribution is 6.30. The Morgan fingerprint density at radius 2 is 1.83 bits per heavy atom. The molecule has 0 aromatic heterocycles. The number of benzene rings is 2. The van der Waals surface area contributed by atoms with Crippen molar-refractivity contribution in [2.24, 2.45) is 0 Å². The van der Waals surface area contributed by atoms with Crippen LogP contribution in [-0.4, -0.2) is 0 Å². The van der Waals surface area contributed by atoms with E-state index in [4.69, 9.17) is 11.6 Å². The van der Waals surface area contributed by atoms with Gasteiger partial charge in [-0.15, -0.1) is 0 Å². The summed E-state index contributed by atoms with van der Waals surface area (Å²) >= 11 is 6.02. The summed E-state index contributed by atoms with van der Waals surface area (Å²) < 4.78 is 0. The van der Waals surface area contributed by atoms with E-state index in [0.29, 0.717) is 0 Å². The van der Waals surface area contributed by atoms with Crippen molar-refractivity contribution in [2.75, 3.05) is 5.32 Å². The van der Waals surface area contributed by atoms with Crippen LogP contribution in [0, 0.1) is 13.8 Å². The molecule has 1 nitrogen and oxygen atoms in total. The first-order chi connectivity index (χ1) is 8.56. The molecule has 0 amide bonds. The molecule has 0 aliphatic rings. The molecule has 1 N–H and O–H groups in total. The number of aryl methyl sites for hydroxylation is 2. The number of rotatable bonds is 3. The van der Waals surface area contributed by atoms with Crippen LogP contribution >= 0.6 is 11.6 Å². The number of halogens is 1. The van der Waals surface area contributed by atoms with E-state index in [0.717, 1.165) is 5.02 Å². The Bertz CT molecular complexity index is 549.